The third-order valence-electron chi connectivity index (χ3n) is 2.21. The van der Waals surface area contributed by atoms with Crippen molar-refractivity contribution in [1.29, 1.82) is 0 Å². The van der Waals surface area contributed by atoms with E-state index in [-0.39, 0.29) is 0 Å². The molecular weight excluding hydrogens is 190 g/mol. The lowest BCUT2D eigenvalue weighted by atomic mass is 10.00. The second-order valence-electron chi connectivity index (χ2n) is 3.14. The van der Waals surface area contributed by atoms with Crippen LogP contribution in [0.15, 0.2) is 0 Å². The largest absolute Gasteiger partial charge is 0.467 e. The number of aliphatic hydroxyl groups is 1. The summed E-state index contributed by atoms with van der Waals surface area (Å²) in [6.07, 6.45) is -2.33. The van der Waals surface area contributed by atoms with E-state index < -0.39 is 30.5 Å². The third kappa shape index (κ3) is 2.21. The number of aliphatic hydroxyl groups excluding tert-OH is 1. The van der Waals surface area contributed by atoms with Gasteiger partial charge in [-0.3, -0.25) is 0 Å². The monoisotopic (exact) mass is 205 g/mol. The van der Waals surface area contributed by atoms with Crippen LogP contribution in [-0.4, -0.2) is 49.8 Å². The Morgan fingerprint density at radius 2 is 2.21 bits per heavy atom. The maximum Gasteiger partial charge on any atom is 0.337 e. The van der Waals surface area contributed by atoms with E-state index in [0.29, 0.717) is 6.42 Å². The van der Waals surface area contributed by atoms with Gasteiger partial charge in [0.05, 0.1) is 7.11 Å². The van der Waals surface area contributed by atoms with E-state index in [4.69, 9.17) is 15.2 Å². The molecule has 0 aliphatic carbocycles. The van der Waals surface area contributed by atoms with Gasteiger partial charge in [0.15, 0.2) is 12.4 Å². The molecule has 1 saturated heterocycles. The van der Waals surface area contributed by atoms with Gasteiger partial charge in [-0.05, 0) is 0 Å². The second kappa shape index (κ2) is 4.70. The highest BCUT2D eigenvalue weighted by Gasteiger charge is 2.40. The summed E-state index contributed by atoms with van der Waals surface area (Å²) in [4.78, 5) is 11.2. The predicted octanol–water partition coefficient (Wildman–Crippen LogP) is -1.39. The van der Waals surface area contributed by atoms with E-state index in [1.165, 1.54) is 14.2 Å². The van der Waals surface area contributed by atoms with Gasteiger partial charge in [-0.2, -0.15) is 0 Å². The molecule has 0 saturated carbocycles. The van der Waals surface area contributed by atoms with Crippen LogP contribution in [0, 0.1) is 0 Å². The van der Waals surface area contributed by atoms with Crippen LogP contribution in [0.3, 0.4) is 0 Å². The summed E-state index contributed by atoms with van der Waals surface area (Å²) in [6.45, 7) is 0. The highest BCUT2D eigenvalue weighted by molar-refractivity contribution is 5.75. The summed E-state index contributed by atoms with van der Waals surface area (Å²) in [5.41, 5.74) is 5.61. The minimum atomic E-state index is -1.06. The maximum atomic E-state index is 11.2. The number of hydrogen-bond acceptors (Lipinski definition) is 6. The highest BCUT2D eigenvalue weighted by atomic mass is 16.7. The van der Waals surface area contributed by atoms with E-state index >= 15 is 0 Å². The van der Waals surface area contributed by atoms with Crippen LogP contribution < -0.4 is 5.73 Å². The molecule has 0 aromatic heterocycles. The molecule has 1 aliphatic rings. The number of esters is 1. The molecular formula is C8H15NO5. The van der Waals surface area contributed by atoms with Crippen LogP contribution in [0.5, 0.6) is 0 Å². The molecule has 1 rings (SSSR count). The second-order valence-corrected chi connectivity index (χ2v) is 3.14. The summed E-state index contributed by atoms with van der Waals surface area (Å²) in [6, 6.07) is -0.544. The Labute approximate surface area is 81.9 Å². The van der Waals surface area contributed by atoms with Gasteiger partial charge in [0.2, 0.25) is 0 Å². The number of ether oxygens (including phenoxy) is 3. The van der Waals surface area contributed by atoms with Crippen molar-refractivity contribution in [2.24, 2.45) is 5.73 Å². The predicted molar refractivity (Wildman–Crippen MR) is 46.3 cm³/mol. The zero-order valence-electron chi connectivity index (χ0n) is 8.17. The molecule has 1 fully saturated rings. The SMILES string of the molecule is COC(=O)[C@H]1O[C@H](OC)C[C@H](N)[C@@H]1O. The first-order chi connectivity index (χ1) is 6.60. The zero-order chi connectivity index (χ0) is 10.7. The van der Waals surface area contributed by atoms with E-state index in [1.807, 2.05) is 0 Å². The third-order valence-corrected chi connectivity index (χ3v) is 2.21. The van der Waals surface area contributed by atoms with Crippen molar-refractivity contribution in [2.45, 2.75) is 31.0 Å². The minimum absolute atomic E-state index is 0.352. The summed E-state index contributed by atoms with van der Waals surface area (Å²) in [5.74, 6) is -0.644. The Bertz CT molecular complexity index is 210. The van der Waals surface area contributed by atoms with E-state index in [0.717, 1.165) is 0 Å². The Kier molecular flexibility index (Phi) is 3.82. The van der Waals surface area contributed by atoms with Crippen molar-refractivity contribution >= 4 is 5.97 Å². The van der Waals surface area contributed by atoms with Crippen molar-refractivity contribution in [1.82, 2.24) is 0 Å². The highest BCUT2D eigenvalue weighted by Crippen LogP contribution is 2.20. The molecule has 0 spiro atoms. The standard InChI is InChI=1S/C8H15NO5/c1-12-5-3-4(9)6(10)7(14-5)8(11)13-2/h4-7,10H,3,9H2,1-2H3/t4-,5-,6-,7-/m0/s1. The summed E-state index contributed by atoms with van der Waals surface area (Å²) in [5, 5.41) is 9.55. The summed E-state index contributed by atoms with van der Waals surface area (Å²) in [7, 11) is 2.67. The number of rotatable bonds is 2. The molecule has 0 unspecified atom stereocenters. The van der Waals surface area contributed by atoms with Crippen LogP contribution >= 0.6 is 0 Å². The minimum Gasteiger partial charge on any atom is -0.467 e. The number of hydrogen-bond donors (Lipinski definition) is 2. The van der Waals surface area contributed by atoms with Crippen LogP contribution in [0.25, 0.3) is 0 Å². The Balaban J connectivity index is 2.67. The fraction of sp³-hybridized carbons (Fsp3) is 0.875. The normalized spacial score (nSPS) is 38.0. The zero-order valence-corrected chi connectivity index (χ0v) is 8.17. The molecule has 14 heavy (non-hydrogen) atoms. The molecule has 0 aromatic carbocycles. The first kappa shape index (κ1) is 11.4. The van der Waals surface area contributed by atoms with Crippen molar-refractivity contribution < 1.29 is 24.1 Å². The van der Waals surface area contributed by atoms with Crippen LogP contribution in [0.2, 0.25) is 0 Å². The maximum absolute atomic E-state index is 11.2. The van der Waals surface area contributed by atoms with Gasteiger partial charge in [0.1, 0.15) is 6.10 Å². The van der Waals surface area contributed by atoms with Gasteiger partial charge >= 0.3 is 5.97 Å². The molecule has 6 nitrogen and oxygen atoms in total. The van der Waals surface area contributed by atoms with Crippen LogP contribution in [0.1, 0.15) is 6.42 Å². The number of carbonyl (C=O) groups is 1. The summed E-state index contributed by atoms with van der Waals surface area (Å²) < 4.78 is 14.5. The van der Waals surface area contributed by atoms with Crippen LogP contribution in [-0.2, 0) is 19.0 Å². The lowest BCUT2D eigenvalue weighted by Crippen LogP contribution is -2.55. The van der Waals surface area contributed by atoms with Crippen molar-refractivity contribution in [2.75, 3.05) is 14.2 Å². The quantitative estimate of drug-likeness (QED) is 0.539. The Hall–Kier alpha value is -0.690. The van der Waals surface area contributed by atoms with Gasteiger partial charge in [0, 0.05) is 19.6 Å². The van der Waals surface area contributed by atoms with Gasteiger partial charge in [-0.1, -0.05) is 0 Å². The van der Waals surface area contributed by atoms with Crippen molar-refractivity contribution in [3.8, 4) is 0 Å². The first-order valence-electron chi connectivity index (χ1n) is 4.30. The number of methoxy groups -OCH3 is 2. The molecule has 1 aliphatic heterocycles. The molecule has 82 valence electrons. The molecule has 0 bridgehead atoms. The van der Waals surface area contributed by atoms with E-state index in [1.54, 1.807) is 0 Å². The van der Waals surface area contributed by atoms with E-state index in [9.17, 15) is 9.90 Å². The van der Waals surface area contributed by atoms with Gasteiger partial charge in [0.25, 0.3) is 0 Å². The molecule has 1 heterocycles. The topological polar surface area (TPSA) is 91.0 Å². The molecule has 4 atom stereocenters. The molecule has 0 amide bonds. The average molecular weight is 205 g/mol. The van der Waals surface area contributed by atoms with Gasteiger partial charge in [-0.15, -0.1) is 0 Å². The van der Waals surface area contributed by atoms with E-state index in [2.05, 4.69) is 4.74 Å². The Morgan fingerprint density at radius 3 is 2.71 bits per heavy atom. The number of nitrogens with two attached hydrogens (primary N) is 1. The fourth-order valence-electron chi connectivity index (χ4n) is 1.35. The van der Waals surface area contributed by atoms with Crippen LogP contribution in [0.4, 0.5) is 0 Å². The van der Waals surface area contributed by atoms with Crippen molar-refractivity contribution in [3.63, 3.8) is 0 Å². The summed E-state index contributed by atoms with van der Waals surface area (Å²) >= 11 is 0. The molecule has 0 aromatic rings. The smallest absolute Gasteiger partial charge is 0.337 e. The van der Waals surface area contributed by atoms with Crippen molar-refractivity contribution in [3.05, 3.63) is 0 Å². The number of carbonyl (C=O) groups excluding carboxylic acids is 1. The molecule has 3 N–H and O–H groups in total. The Morgan fingerprint density at radius 1 is 1.57 bits per heavy atom. The molecule has 6 heteroatoms. The average Bonchev–Trinajstić information content (AvgIpc) is 2.20. The lowest BCUT2D eigenvalue weighted by molar-refractivity contribution is -0.225. The van der Waals surface area contributed by atoms with Gasteiger partial charge < -0.3 is 25.1 Å². The van der Waals surface area contributed by atoms with Gasteiger partial charge in [-0.25, -0.2) is 4.79 Å². The lowest BCUT2D eigenvalue weighted by Gasteiger charge is -2.35. The molecule has 0 radical (unpaired) electrons. The fourth-order valence-corrected chi connectivity index (χ4v) is 1.35. The first-order valence-corrected chi connectivity index (χ1v) is 4.30.